The number of hydrogen-bond acceptors (Lipinski definition) is 3. The van der Waals surface area contributed by atoms with Gasteiger partial charge in [-0.15, -0.1) is 0 Å². The Hall–Kier alpha value is -1.38. The summed E-state index contributed by atoms with van der Waals surface area (Å²) in [5.41, 5.74) is 2.65. The largest absolute Gasteiger partial charge is 0.508 e. The summed E-state index contributed by atoms with van der Waals surface area (Å²) in [7, 11) is 0. The maximum Gasteiger partial charge on any atom is 0.161 e. The van der Waals surface area contributed by atoms with Crippen LogP contribution in [-0.2, 0) is 12.8 Å². The zero-order chi connectivity index (χ0) is 17.4. The van der Waals surface area contributed by atoms with Crippen LogP contribution in [0.25, 0.3) is 0 Å². The molecule has 0 heterocycles. The average Bonchev–Trinajstić information content (AvgIpc) is 3.46. The van der Waals surface area contributed by atoms with Crippen molar-refractivity contribution in [1.82, 2.24) is 0 Å². The highest BCUT2D eigenvalue weighted by Crippen LogP contribution is 2.53. The van der Waals surface area contributed by atoms with Gasteiger partial charge in [0.2, 0.25) is 0 Å². The summed E-state index contributed by atoms with van der Waals surface area (Å²) < 4.78 is 0. The molecule has 0 unspecified atom stereocenters. The van der Waals surface area contributed by atoms with Crippen LogP contribution in [0.5, 0.6) is 17.2 Å². The Bertz CT molecular complexity index is 598. The van der Waals surface area contributed by atoms with Gasteiger partial charge in [0.05, 0.1) is 0 Å². The highest BCUT2D eigenvalue weighted by molar-refractivity contribution is 5.55. The van der Waals surface area contributed by atoms with Crippen LogP contribution in [0.3, 0.4) is 0 Å². The minimum atomic E-state index is -0.198. The lowest BCUT2D eigenvalue weighted by molar-refractivity contribution is 0.385. The molecule has 1 aromatic carbocycles. The summed E-state index contributed by atoms with van der Waals surface area (Å²) >= 11 is 0. The van der Waals surface area contributed by atoms with Crippen LogP contribution < -0.4 is 0 Å². The normalized spacial score (nSPS) is 20.1. The predicted molar refractivity (Wildman–Crippen MR) is 96.6 cm³/mol. The van der Waals surface area contributed by atoms with Crippen LogP contribution in [0.1, 0.15) is 82.8 Å². The fourth-order valence-electron chi connectivity index (χ4n) is 4.04. The number of rotatable bonds is 9. The second-order valence-electron chi connectivity index (χ2n) is 8.59. The molecule has 3 nitrogen and oxygen atoms in total. The smallest absolute Gasteiger partial charge is 0.161 e. The zero-order valence-corrected chi connectivity index (χ0v) is 15.2. The Morgan fingerprint density at radius 3 is 2.08 bits per heavy atom. The van der Waals surface area contributed by atoms with E-state index in [1.54, 1.807) is 0 Å². The Balaban J connectivity index is 1.67. The molecule has 0 aliphatic heterocycles. The Labute approximate surface area is 145 Å². The molecule has 0 spiro atoms. The third-order valence-electron chi connectivity index (χ3n) is 6.63. The minimum absolute atomic E-state index is 0.0274. The van der Waals surface area contributed by atoms with Crippen LogP contribution >= 0.6 is 0 Å². The Morgan fingerprint density at radius 1 is 0.875 bits per heavy atom. The third kappa shape index (κ3) is 3.81. The van der Waals surface area contributed by atoms with Crippen molar-refractivity contribution in [3.05, 3.63) is 17.2 Å². The molecule has 3 heteroatoms. The van der Waals surface area contributed by atoms with Gasteiger partial charge in [-0.3, -0.25) is 0 Å². The molecule has 3 rings (SSSR count). The van der Waals surface area contributed by atoms with Crippen molar-refractivity contribution >= 4 is 0 Å². The maximum absolute atomic E-state index is 10.3. The predicted octanol–water partition coefficient (Wildman–Crippen LogP) is 5.44. The summed E-state index contributed by atoms with van der Waals surface area (Å²) in [5, 5.41) is 30.5. The van der Waals surface area contributed by atoms with Crippen LogP contribution in [0.15, 0.2) is 6.07 Å². The Morgan fingerprint density at radius 2 is 1.50 bits per heavy atom. The van der Waals surface area contributed by atoms with Gasteiger partial charge in [-0.2, -0.15) is 0 Å². The number of benzene rings is 1. The molecule has 3 N–H and O–H groups in total. The molecule has 2 saturated carbocycles. The molecule has 1 aromatic rings. The van der Waals surface area contributed by atoms with Crippen LogP contribution in [0.2, 0.25) is 0 Å². The van der Waals surface area contributed by atoms with Crippen molar-refractivity contribution < 1.29 is 15.3 Å². The highest BCUT2D eigenvalue weighted by atomic mass is 16.3. The second-order valence-corrected chi connectivity index (χ2v) is 8.59. The van der Waals surface area contributed by atoms with Gasteiger partial charge in [0.25, 0.3) is 0 Å². The summed E-state index contributed by atoms with van der Waals surface area (Å²) in [6.07, 6.45) is 12.4. The molecule has 24 heavy (non-hydrogen) atoms. The van der Waals surface area contributed by atoms with Gasteiger partial charge in [0.1, 0.15) is 5.75 Å². The van der Waals surface area contributed by atoms with E-state index in [4.69, 9.17) is 0 Å². The average molecular weight is 332 g/mol. The monoisotopic (exact) mass is 332 g/mol. The van der Waals surface area contributed by atoms with Crippen molar-refractivity contribution in [3.63, 3.8) is 0 Å². The van der Waals surface area contributed by atoms with Crippen molar-refractivity contribution in [2.24, 2.45) is 10.8 Å². The zero-order valence-electron chi connectivity index (χ0n) is 15.2. The summed E-state index contributed by atoms with van der Waals surface area (Å²) in [5.74, 6) is -0.0873. The molecule has 0 radical (unpaired) electrons. The standard InChI is InChI=1S/C21H32O3/c1-3-21(12-13-21)9-5-6-15-16(7-4-8-20(2)10-11-20)19(24)18(23)14-17(15)22/h14,22-24H,3-13H2,1-2H3. The van der Waals surface area contributed by atoms with E-state index < -0.39 is 0 Å². The molecular weight excluding hydrogens is 300 g/mol. The highest BCUT2D eigenvalue weighted by Gasteiger charge is 2.39. The van der Waals surface area contributed by atoms with Gasteiger partial charge in [-0.1, -0.05) is 20.3 Å². The second kappa shape index (κ2) is 6.50. The first kappa shape index (κ1) is 17.4. The number of hydrogen-bond donors (Lipinski definition) is 3. The van der Waals surface area contributed by atoms with E-state index in [-0.39, 0.29) is 17.2 Å². The van der Waals surface area contributed by atoms with Crippen LogP contribution in [-0.4, -0.2) is 15.3 Å². The molecule has 0 bridgehead atoms. The van der Waals surface area contributed by atoms with Gasteiger partial charge in [0, 0.05) is 17.2 Å². The molecule has 2 aliphatic rings. The number of phenols is 3. The molecule has 0 aromatic heterocycles. The van der Waals surface area contributed by atoms with Crippen molar-refractivity contribution in [2.45, 2.75) is 84.5 Å². The van der Waals surface area contributed by atoms with Crippen molar-refractivity contribution in [2.75, 3.05) is 0 Å². The van der Waals surface area contributed by atoms with E-state index in [1.807, 2.05) is 0 Å². The van der Waals surface area contributed by atoms with Gasteiger partial charge in [-0.25, -0.2) is 0 Å². The fourth-order valence-corrected chi connectivity index (χ4v) is 4.04. The third-order valence-corrected chi connectivity index (χ3v) is 6.63. The molecule has 2 fully saturated rings. The SMILES string of the molecule is CCC1(CCCc2c(O)cc(O)c(O)c2CCCC2(C)CC2)CC1. The van der Waals surface area contributed by atoms with Gasteiger partial charge in [0.15, 0.2) is 11.5 Å². The van der Waals surface area contributed by atoms with E-state index in [0.717, 1.165) is 43.2 Å². The van der Waals surface area contributed by atoms with E-state index in [0.29, 0.717) is 10.8 Å². The number of phenolic OH excluding ortho intramolecular Hbond substituents is 3. The van der Waals surface area contributed by atoms with Gasteiger partial charge in [-0.05, 0) is 75.0 Å². The number of aromatic hydroxyl groups is 3. The van der Waals surface area contributed by atoms with E-state index in [1.165, 1.54) is 44.6 Å². The minimum Gasteiger partial charge on any atom is -0.508 e. The first-order valence-corrected chi connectivity index (χ1v) is 9.64. The topological polar surface area (TPSA) is 60.7 Å². The molecule has 0 atom stereocenters. The van der Waals surface area contributed by atoms with Crippen LogP contribution in [0, 0.1) is 10.8 Å². The summed E-state index contributed by atoms with van der Waals surface area (Å²) in [4.78, 5) is 0. The maximum atomic E-state index is 10.3. The molecule has 2 aliphatic carbocycles. The van der Waals surface area contributed by atoms with Gasteiger partial charge < -0.3 is 15.3 Å². The van der Waals surface area contributed by atoms with E-state index in [2.05, 4.69) is 13.8 Å². The summed E-state index contributed by atoms with van der Waals surface area (Å²) in [6.45, 7) is 4.58. The van der Waals surface area contributed by atoms with Crippen LogP contribution in [0.4, 0.5) is 0 Å². The first-order chi connectivity index (χ1) is 11.4. The van der Waals surface area contributed by atoms with Gasteiger partial charge >= 0.3 is 0 Å². The van der Waals surface area contributed by atoms with Crippen molar-refractivity contribution in [1.29, 1.82) is 0 Å². The quantitative estimate of drug-likeness (QED) is 0.417. The molecular formula is C21H32O3. The first-order valence-electron chi connectivity index (χ1n) is 9.64. The Kier molecular flexibility index (Phi) is 4.72. The lowest BCUT2D eigenvalue weighted by Crippen LogP contribution is -2.03. The molecule has 134 valence electrons. The fraction of sp³-hybridized carbons (Fsp3) is 0.714. The van der Waals surface area contributed by atoms with E-state index in [9.17, 15) is 15.3 Å². The van der Waals surface area contributed by atoms with Crippen molar-refractivity contribution in [3.8, 4) is 17.2 Å². The molecule has 0 amide bonds. The lowest BCUT2D eigenvalue weighted by Gasteiger charge is -2.17. The summed E-state index contributed by atoms with van der Waals surface area (Å²) in [6, 6.07) is 1.29. The lowest BCUT2D eigenvalue weighted by atomic mass is 9.90. The van der Waals surface area contributed by atoms with E-state index >= 15 is 0 Å². The molecule has 0 saturated heterocycles.